The number of alkyl halides is 2. The van der Waals surface area contributed by atoms with Gasteiger partial charge in [0, 0.05) is 37.4 Å². The van der Waals surface area contributed by atoms with Gasteiger partial charge in [-0.25, -0.2) is 8.78 Å². The van der Waals surface area contributed by atoms with E-state index in [0.29, 0.717) is 0 Å². The fraction of sp³-hybridized carbons (Fsp3) is 0.455. The Morgan fingerprint density at radius 3 is 2.60 bits per heavy atom. The number of halogens is 2. The van der Waals surface area contributed by atoms with Crippen LogP contribution in [-0.2, 0) is 0 Å². The molecule has 0 radical (unpaired) electrons. The number of piperazine rings is 1. The van der Waals surface area contributed by atoms with Crippen LogP contribution in [0.5, 0.6) is 0 Å². The second kappa shape index (κ2) is 4.57. The summed E-state index contributed by atoms with van der Waals surface area (Å²) in [5, 5.41) is 3.23. The Morgan fingerprint density at radius 1 is 1.20 bits per heavy atom. The molecule has 2 nitrogen and oxygen atoms in total. The maximum atomic E-state index is 12.5. The number of hydrogen-bond donors (Lipinski definition) is 1. The summed E-state index contributed by atoms with van der Waals surface area (Å²) in [5.74, 6) is 0. The van der Waals surface area contributed by atoms with E-state index in [0.717, 1.165) is 31.9 Å². The van der Waals surface area contributed by atoms with E-state index in [-0.39, 0.29) is 5.56 Å². The SMILES string of the molecule is FC(F)c1cccc(N2CCNCC2)c1. The number of hydrogen-bond acceptors (Lipinski definition) is 2. The molecule has 4 heteroatoms. The van der Waals surface area contributed by atoms with Crippen molar-refractivity contribution in [2.45, 2.75) is 6.43 Å². The van der Waals surface area contributed by atoms with Gasteiger partial charge in [-0.15, -0.1) is 0 Å². The van der Waals surface area contributed by atoms with Gasteiger partial charge < -0.3 is 10.2 Å². The Labute approximate surface area is 87.9 Å². The molecule has 0 spiro atoms. The highest BCUT2D eigenvalue weighted by molar-refractivity contribution is 5.49. The first kappa shape index (κ1) is 10.4. The average molecular weight is 212 g/mol. The van der Waals surface area contributed by atoms with Crippen molar-refractivity contribution in [2.75, 3.05) is 31.1 Å². The van der Waals surface area contributed by atoms with E-state index in [4.69, 9.17) is 0 Å². The first-order valence-electron chi connectivity index (χ1n) is 5.11. The largest absolute Gasteiger partial charge is 0.369 e. The summed E-state index contributed by atoms with van der Waals surface area (Å²) in [5.41, 5.74) is 1.00. The lowest BCUT2D eigenvalue weighted by Gasteiger charge is -2.29. The molecule has 1 aromatic carbocycles. The molecule has 1 aromatic rings. The third kappa shape index (κ3) is 2.45. The van der Waals surface area contributed by atoms with Gasteiger partial charge in [0.25, 0.3) is 6.43 Å². The maximum absolute atomic E-state index is 12.5. The zero-order valence-electron chi connectivity index (χ0n) is 8.42. The van der Waals surface area contributed by atoms with Crippen LogP contribution in [-0.4, -0.2) is 26.2 Å². The van der Waals surface area contributed by atoms with Crippen LogP contribution >= 0.6 is 0 Å². The summed E-state index contributed by atoms with van der Waals surface area (Å²) in [6.45, 7) is 3.59. The van der Waals surface area contributed by atoms with Crippen molar-refractivity contribution in [1.29, 1.82) is 0 Å². The molecule has 0 amide bonds. The minimum absolute atomic E-state index is 0.103. The van der Waals surface area contributed by atoms with E-state index in [1.165, 1.54) is 6.07 Å². The van der Waals surface area contributed by atoms with E-state index >= 15 is 0 Å². The van der Waals surface area contributed by atoms with Crippen molar-refractivity contribution >= 4 is 5.69 Å². The lowest BCUT2D eigenvalue weighted by atomic mass is 10.2. The second-order valence-corrected chi connectivity index (χ2v) is 3.63. The second-order valence-electron chi connectivity index (χ2n) is 3.63. The zero-order valence-corrected chi connectivity index (χ0v) is 8.42. The quantitative estimate of drug-likeness (QED) is 0.807. The standard InChI is InChI=1S/C11H14F2N2/c12-11(13)9-2-1-3-10(8-9)15-6-4-14-5-7-15/h1-3,8,11,14H,4-7H2. The maximum Gasteiger partial charge on any atom is 0.263 e. The summed E-state index contributed by atoms with van der Waals surface area (Å²) in [7, 11) is 0. The minimum atomic E-state index is -2.38. The van der Waals surface area contributed by atoms with Gasteiger partial charge in [-0.05, 0) is 12.1 Å². The summed E-state index contributed by atoms with van der Waals surface area (Å²) < 4.78 is 25.0. The Balaban J connectivity index is 2.16. The molecule has 1 fully saturated rings. The predicted octanol–water partition coefficient (Wildman–Crippen LogP) is 2.03. The molecular weight excluding hydrogens is 198 g/mol. The van der Waals surface area contributed by atoms with Crippen molar-refractivity contribution in [3.05, 3.63) is 29.8 Å². The molecule has 1 heterocycles. The number of rotatable bonds is 2. The molecule has 2 rings (SSSR count). The van der Waals surface area contributed by atoms with Gasteiger partial charge in [0.05, 0.1) is 0 Å². The monoisotopic (exact) mass is 212 g/mol. The van der Waals surface area contributed by atoms with E-state index in [9.17, 15) is 8.78 Å². The smallest absolute Gasteiger partial charge is 0.263 e. The van der Waals surface area contributed by atoms with Crippen LogP contribution in [0.15, 0.2) is 24.3 Å². The highest BCUT2D eigenvalue weighted by Crippen LogP contribution is 2.23. The summed E-state index contributed by atoms with van der Waals surface area (Å²) in [6.07, 6.45) is -2.38. The van der Waals surface area contributed by atoms with E-state index < -0.39 is 6.43 Å². The molecule has 1 aliphatic rings. The van der Waals surface area contributed by atoms with Crippen molar-refractivity contribution < 1.29 is 8.78 Å². The van der Waals surface area contributed by atoms with Crippen LogP contribution in [0.3, 0.4) is 0 Å². The molecule has 0 atom stereocenters. The fourth-order valence-corrected chi connectivity index (χ4v) is 1.78. The highest BCUT2D eigenvalue weighted by atomic mass is 19.3. The highest BCUT2D eigenvalue weighted by Gasteiger charge is 2.13. The van der Waals surface area contributed by atoms with E-state index in [1.54, 1.807) is 12.1 Å². The molecule has 0 aromatic heterocycles. The lowest BCUT2D eigenvalue weighted by molar-refractivity contribution is 0.151. The van der Waals surface area contributed by atoms with Crippen LogP contribution < -0.4 is 10.2 Å². The van der Waals surface area contributed by atoms with Crippen molar-refractivity contribution in [2.24, 2.45) is 0 Å². The van der Waals surface area contributed by atoms with Crippen molar-refractivity contribution in [1.82, 2.24) is 5.32 Å². The van der Waals surface area contributed by atoms with Crippen LogP contribution in [0.2, 0.25) is 0 Å². The summed E-state index contributed by atoms with van der Waals surface area (Å²) >= 11 is 0. The molecule has 1 aliphatic heterocycles. The molecule has 1 N–H and O–H groups in total. The van der Waals surface area contributed by atoms with E-state index in [1.807, 2.05) is 6.07 Å². The van der Waals surface area contributed by atoms with E-state index in [2.05, 4.69) is 10.2 Å². The van der Waals surface area contributed by atoms with Gasteiger partial charge in [0.1, 0.15) is 0 Å². The van der Waals surface area contributed by atoms with Crippen LogP contribution in [0.25, 0.3) is 0 Å². The normalized spacial score (nSPS) is 17.1. The molecule has 1 saturated heterocycles. The topological polar surface area (TPSA) is 15.3 Å². The predicted molar refractivity (Wildman–Crippen MR) is 56.5 cm³/mol. The number of nitrogens with one attached hydrogen (secondary N) is 1. The average Bonchev–Trinajstić information content (AvgIpc) is 2.30. The summed E-state index contributed by atoms with van der Waals surface area (Å²) in [4.78, 5) is 2.13. The van der Waals surface area contributed by atoms with Gasteiger partial charge in [-0.1, -0.05) is 12.1 Å². The van der Waals surface area contributed by atoms with Crippen LogP contribution in [0.1, 0.15) is 12.0 Å². The minimum Gasteiger partial charge on any atom is -0.369 e. The lowest BCUT2D eigenvalue weighted by Crippen LogP contribution is -2.43. The van der Waals surface area contributed by atoms with Gasteiger partial charge in [-0.2, -0.15) is 0 Å². The molecule has 0 saturated carbocycles. The molecule has 0 unspecified atom stereocenters. The zero-order chi connectivity index (χ0) is 10.7. The summed E-state index contributed by atoms with van der Waals surface area (Å²) in [6, 6.07) is 6.63. The molecular formula is C11H14F2N2. The number of anilines is 1. The van der Waals surface area contributed by atoms with Crippen molar-refractivity contribution in [3.63, 3.8) is 0 Å². The van der Waals surface area contributed by atoms with Gasteiger partial charge >= 0.3 is 0 Å². The van der Waals surface area contributed by atoms with Crippen LogP contribution in [0.4, 0.5) is 14.5 Å². The molecule has 0 aliphatic carbocycles. The van der Waals surface area contributed by atoms with Gasteiger partial charge in [0.15, 0.2) is 0 Å². The number of nitrogens with zero attached hydrogens (tertiary/aromatic N) is 1. The molecule has 15 heavy (non-hydrogen) atoms. The first-order chi connectivity index (χ1) is 7.27. The molecule has 0 bridgehead atoms. The first-order valence-corrected chi connectivity index (χ1v) is 5.11. The fourth-order valence-electron chi connectivity index (χ4n) is 1.78. The Morgan fingerprint density at radius 2 is 1.93 bits per heavy atom. The van der Waals surface area contributed by atoms with Crippen LogP contribution in [0, 0.1) is 0 Å². The van der Waals surface area contributed by atoms with Gasteiger partial charge in [0.2, 0.25) is 0 Å². The Hall–Kier alpha value is -1.16. The van der Waals surface area contributed by atoms with Crippen molar-refractivity contribution in [3.8, 4) is 0 Å². The Bertz CT molecular complexity index is 322. The Kier molecular flexibility index (Phi) is 3.16. The third-order valence-electron chi connectivity index (χ3n) is 2.60. The third-order valence-corrected chi connectivity index (χ3v) is 2.60. The van der Waals surface area contributed by atoms with Gasteiger partial charge in [-0.3, -0.25) is 0 Å². The molecule has 82 valence electrons. The number of benzene rings is 1.